The van der Waals surface area contributed by atoms with Crippen LogP contribution in [0, 0.1) is 12.3 Å². The normalized spacial score (nSPS) is 25.2. The van der Waals surface area contributed by atoms with Crippen molar-refractivity contribution in [2.24, 2.45) is 5.41 Å². The van der Waals surface area contributed by atoms with Crippen LogP contribution < -0.4 is 0 Å². The summed E-state index contributed by atoms with van der Waals surface area (Å²) < 4.78 is 0. The van der Waals surface area contributed by atoms with Crippen LogP contribution in [0.5, 0.6) is 0 Å². The maximum absolute atomic E-state index is 4.29. The lowest BCUT2D eigenvalue weighted by molar-refractivity contribution is 0.164. The van der Waals surface area contributed by atoms with Crippen molar-refractivity contribution in [2.45, 2.75) is 45.2 Å². The lowest BCUT2D eigenvalue weighted by Crippen LogP contribution is -2.35. The van der Waals surface area contributed by atoms with Crippen molar-refractivity contribution in [3.8, 4) is 0 Å². The first kappa shape index (κ1) is 16.0. The Morgan fingerprint density at radius 3 is 2.88 bits per heavy atom. The zero-order valence-corrected chi connectivity index (χ0v) is 15.5. The van der Waals surface area contributed by atoms with Crippen LogP contribution in [0.3, 0.4) is 0 Å². The van der Waals surface area contributed by atoms with E-state index < -0.39 is 0 Å². The van der Waals surface area contributed by atoms with E-state index in [1.54, 1.807) is 0 Å². The number of likely N-dealkylation sites (tertiary alicyclic amines) is 1. The van der Waals surface area contributed by atoms with Gasteiger partial charge in [0, 0.05) is 36.9 Å². The third-order valence-electron chi connectivity index (χ3n) is 6.57. The number of hydrogen-bond acceptors (Lipinski definition) is 2. The lowest BCUT2D eigenvalue weighted by atomic mass is 9.80. The second kappa shape index (κ2) is 6.21. The van der Waals surface area contributed by atoms with Gasteiger partial charge in [0.05, 0.1) is 0 Å². The quantitative estimate of drug-likeness (QED) is 0.652. The third kappa shape index (κ3) is 2.83. The summed E-state index contributed by atoms with van der Waals surface area (Å²) in [5.41, 5.74) is 4.77. The molecule has 132 valence electrons. The van der Waals surface area contributed by atoms with Gasteiger partial charge in [0.1, 0.15) is 0 Å². The van der Waals surface area contributed by atoms with E-state index in [0.29, 0.717) is 5.41 Å². The summed E-state index contributed by atoms with van der Waals surface area (Å²) in [6.45, 7) is 4.51. The van der Waals surface area contributed by atoms with Gasteiger partial charge in [-0.15, -0.1) is 0 Å². The third-order valence-corrected chi connectivity index (χ3v) is 6.57. The first-order chi connectivity index (χ1) is 12.7. The van der Waals surface area contributed by atoms with Crippen molar-refractivity contribution < 1.29 is 0 Å². The molecule has 2 aromatic carbocycles. The van der Waals surface area contributed by atoms with Crippen LogP contribution in [0.15, 0.2) is 60.9 Å². The van der Waals surface area contributed by atoms with Crippen LogP contribution >= 0.6 is 0 Å². The Morgan fingerprint density at radius 1 is 1.12 bits per heavy atom. The molecule has 2 nitrogen and oxygen atoms in total. The predicted octanol–water partition coefficient (Wildman–Crippen LogP) is 5.14. The highest BCUT2D eigenvalue weighted by molar-refractivity contribution is 5.84. The number of aromatic nitrogens is 1. The smallest absolute Gasteiger partial charge is 0.0346 e. The number of rotatable bonds is 4. The molecule has 2 aliphatic rings. The van der Waals surface area contributed by atoms with E-state index in [9.17, 15) is 0 Å². The number of nitrogens with zero attached hydrogens (tertiary/aromatic N) is 2. The molecule has 3 aromatic rings. The molecule has 26 heavy (non-hydrogen) atoms. The average Bonchev–Trinajstić information content (AvgIpc) is 3.22. The van der Waals surface area contributed by atoms with Crippen molar-refractivity contribution in [1.29, 1.82) is 0 Å². The van der Waals surface area contributed by atoms with E-state index in [4.69, 9.17) is 0 Å². The fourth-order valence-corrected chi connectivity index (χ4v) is 5.27. The van der Waals surface area contributed by atoms with Gasteiger partial charge in [-0.05, 0) is 60.6 Å². The van der Waals surface area contributed by atoms with Gasteiger partial charge in [-0.2, -0.15) is 0 Å². The summed E-state index contributed by atoms with van der Waals surface area (Å²) in [7, 11) is 0. The predicted molar refractivity (Wildman–Crippen MR) is 107 cm³/mol. The van der Waals surface area contributed by atoms with Crippen molar-refractivity contribution in [3.63, 3.8) is 0 Å². The number of aryl methyl sites for hydroxylation is 1. The van der Waals surface area contributed by atoms with Crippen LogP contribution in [0.1, 0.15) is 36.0 Å². The summed E-state index contributed by atoms with van der Waals surface area (Å²) in [5.74, 6) is 0. The molecule has 0 spiro atoms. The molecule has 1 saturated carbocycles. The molecule has 1 aromatic heterocycles. The van der Waals surface area contributed by atoms with E-state index in [1.165, 1.54) is 59.7 Å². The molecular formula is C24H26N2. The Morgan fingerprint density at radius 2 is 2.00 bits per heavy atom. The van der Waals surface area contributed by atoms with Crippen LogP contribution in [-0.4, -0.2) is 22.5 Å². The van der Waals surface area contributed by atoms with E-state index in [2.05, 4.69) is 65.3 Å². The van der Waals surface area contributed by atoms with Crippen LogP contribution in [0.2, 0.25) is 0 Å². The van der Waals surface area contributed by atoms with E-state index in [-0.39, 0.29) is 0 Å². The Hall–Kier alpha value is -2.19. The lowest BCUT2D eigenvalue weighted by Gasteiger charge is -2.33. The number of hydrogen-bond donors (Lipinski definition) is 0. The first-order valence-electron chi connectivity index (χ1n) is 9.82. The minimum atomic E-state index is 0.465. The van der Waals surface area contributed by atoms with E-state index in [0.717, 1.165) is 12.6 Å². The highest BCUT2D eigenvalue weighted by Crippen LogP contribution is 2.50. The summed E-state index contributed by atoms with van der Waals surface area (Å²) in [5, 5.41) is 2.66. The molecule has 2 bridgehead atoms. The monoisotopic (exact) mass is 342 g/mol. The largest absolute Gasteiger partial charge is 0.296 e. The van der Waals surface area contributed by atoms with Crippen molar-refractivity contribution >= 4 is 10.8 Å². The number of pyridine rings is 1. The second-order valence-corrected chi connectivity index (χ2v) is 8.48. The standard InChI is InChI=1S/C24H26N2/c1-18-5-7-19(8-6-18)16-26-17-24(11-9-22(26)14-24)13-20-3-2-4-21-15-25-12-10-23(20)21/h2-8,10,12,15,22H,9,11,13-14,16-17H2,1H3. The van der Waals surface area contributed by atoms with Gasteiger partial charge in [-0.25, -0.2) is 0 Å². The van der Waals surface area contributed by atoms with Crippen molar-refractivity contribution in [1.82, 2.24) is 9.88 Å². The molecule has 2 atom stereocenters. The second-order valence-electron chi connectivity index (χ2n) is 8.48. The molecular weight excluding hydrogens is 316 g/mol. The van der Waals surface area contributed by atoms with Gasteiger partial charge in [-0.1, -0.05) is 48.0 Å². The molecule has 5 rings (SSSR count). The van der Waals surface area contributed by atoms with Crippen LogP contribution in [0.25, 0.3) is 10.8 Å². The maximum atomic E-state index is 4.29. The molecule has 2 heterocycles. The summed E-state index contributed by atoms with van der Waals surface area (Å²) >= 11 is 0. The van der Waals surface area contributed by atoms with Gasteiger partial charge >= 0.3 is 0 Å². The Bertz CT molecular complexity index is 925. The number of piperidine rings is 1. The summed E-state index contributed by atoms with van der Waals surface area (Å²) in [4.78, 5) is 7.03. The van der Waals surface area contributed by atoms with Gasteiger partial charge in [0.15, 0.2) is 0 Å². The summed E-state index contributed by atoms with van der Waals surface area (Å²) in [6, 6.07) is 18.7. The fraction of sp³-hybridized carbons (Fsp3) is 0.375. The molecule has 2 heteroatoms. The first-order valence-corrected chi connectivity index (χ1v) is 9.82. The molecule has 2 fully saturated rings. The Kier molecular flexibility index (Phi) is 3.82. The maximum Gasteiger partial charge on any atom is 0.0346 e. The highest BCUT2D eigenvalue weighted by Gasteiger charge is 2.49. The SMILES string of the molecule is Cc1ccc(CN2CC3(Cc4cccc5cnccc45)CCC2C3)cc1. The number of fused-ring (bicyclic) bond motifs is 3. The van der Waals surface area contributed by atoms with Crippen LogP contribution in [-0.2, 0) is 13.0 Å². The van der Waals surface area contributed by atoms with Gasteiger partial charge in [-0.3, -0.25) is 9.88 Å². The van der Waals surface area contributed by atoms with Gasteiger partial charge < -0.3 is 0 Å². The molecule has 1 saturated heterocycles. The average molecular weight is 342 g/mol. The minimum Gasteiger partial charge on any atom is -0.296 e. The molecule has 2 unspecified atom stereocenters. The zero-order valence-electron chi connectivity index (χ0n) is 15.5. The van der Waals surface area contributed by atoms with E-state index >= 15 is 0 Å². The molecule has 0 amide bonds. The van der Waals surface area contributed by atoms with Gasteiger partial charge in [0.2, 0.25) is 0 Å². The minimum absolute atomic E-state index is 0.465. The molecule has 1 aliphatic heterocycles. The Labute approximate surface area is 155 Å². The van der Waals surface area contributed by atoms with Crippen LogP contribution in [0.4, 0.5) is 0 Å². The molecule has 0 radical (unpaired) electrons. The van der Waals surface area contributed by atoms with Crippen molar-refractivity contribution in [3.05, 3.63) is 77.6 Å². The van der Waals surface area contributed by atoms with E-state index in [1.807, 2.05) is 12.4 Å². The Balaban J connectivity index is 1.37. The topological polar surface area (TPSA) is 16.1 Å². The van der Waals surface area contributed by atoms with Crippen molar-refractivity contribution in [2.75, 3.05) is 6.54 Å². The highest BCUT2D eigenvalue weighted by atomic mass is 15.2. The molecule has 0 N–H and O–H groups in total. The fourth-order valence-electron chi connectivity index (χ4n) is 5.27. The molecule has 1 aliphatic carbocycles. The zero-order chi connectivity index (χ0) is 17.6. The summed E-state index contributed by atoms with van der Waals surface area (Å²) in [6.07, 6.45) is 9.23. The number of benzene rings is 2. The van der Waals surface area contributed by atoms with Gasteiger partial charge in [0.25, 0.3) is 0 Å².